The molecule has 2 bridgehead atoms. The number of cyclic esters (lactones) is 1. The van der Waals surface area contributed by atoms with E-state index in [1.165, 1.54) is 19.1 Å². The Morgan fingerprint density at radius 1 is 0.952 bits per heavy atom. The van der Waals surface area contributed by atoms with E-state index in [1.54, 1.807) is 44.2 Å². The third-order valence-corrected chi connectivity index (χ3v) is 14.1. The summed E-state index contributed by atoms with van der Waals surface area (Å²) in [4.78, 5) is 58.6. The van der Waals surface area contributed by atoms with Crippen LogP contribution in [0.4, 0.5) is 0 Å². The molecule has 14 atom stereocenters. The van der Waals surface area contributed by atoms with E-state index in [1.807, 2.05) is 39.0 Å². The highest BCUT2D eigenvalue weighted by atomic mass is 79.9. The van der Waals surface area contributed by atoms with Crippen molar-refractivity contribution < 1.29 is 58.2 Å². The minimum absolute atomic E-state index is 0.0242. The van der Waals surface area contributed by atoms with Gasteiger partial charge in [-0.25, -0.2) is 9.48 Å². The Balaban J connectivity index is 1.55. The highest BCUT2D eigenvalue weighted by Gasteiger charge is 2.56. The third kappa shape index (κ3) is 12.6. The maximum absolute atomic E-state index is 14.5. The zero-order chi connectivity index (χ0) is 46.2. The number of methoxy groups -OCH3 is 3. The van der Waals surface area contributed by atoms with Gasteiger partial charge in [0.05, 0.1) is 41.2 Å². The predicted molar refractivity (Wildman–Crippen MR) is 238 cm³/mol. The fourth-order valence-corrected chi connectivity index (χ4v) is 10.3. The number of ketones is 2. The molecular weight excluding hydrogens is 878 g/mol. The molecule has 3 fully saturated rings. The van der Waals surface area contributed by atoms with Crippen LogP contribution < -0.4 is 0 Å². The maximum Gasteiger partial charge on any atom is 0.329 e. The fourth-order valence-electron chi connectivity index (χ4n) is 9.96. The normalized spacial score (nSPS) is 38.4. The molecule has 4 aliphatic rings. The molecule has 4 heterocycles. The van der Waals surface area contributed by atoms with Crippen LogP contribution in [0.1, 0.15) is 105 Å². The molecule has 16 heteroatoms. The SMILES string of the molecule is CO[C@H]1C[C@@H](C)C/C(C)=C/[C@@H](C/C=C/n2cc(Br)cn2)C(=O)C[C@H](O)[C@@H](C)[C@@H](/C(C)=C/[C@@H]2CC[C@@H](O)[C@H](OC)C2)OC(=O)[C@@H]2CCCCN2C(=O)C(=O)[C@]2(O)O[C@H]1[C@@H](OC)C[C@H]2C. The first-order valence-electron chi connectivity index (χ1n) is 22.6. The van der Waals surface area contributed by atoms with Crippen LogP contribution in [0.15, 0.2) is 46.2 Å². The Morgan fingerprint density at radius 2 is 1.65 bits per heavy atom. The van der Waals surface area contributed by atoms with Crippen molar-refractivity contribution in [3.05, 3.63) is 46.2 Å². The second kappa shape index (κ2) is 22.9. The summed E-state index contributed by atoms with van der Waals surface area (Å²) >= 11 is 3.41. The van der Waals surface area contributed by atoms with Gasteiger partial charge < -0.3 is 43.9 Å². The molecule has 1 saturated carbocycles. The molecule has 0 radical (unpaired) electrons. The van der Waals surface area contributed by atoms with E-state index in [9.17, 15) is 34.5 Å². The number of aliphatic hydroxyl groups is 3. The second-order valence-corrected chi connectivity index (χ2v) is 19.4. The topological polar surface area (TPSA) is 196 Å². The number of hydrogen-bond acceptors (Lipinski definition) is 13. The Kier molecular flexibility index (Phi) is 18.5. The van der Waals surface area contributed by atoms with Crippen LogP contribution in [0.5, 0.6) is 0 Å². The van der Waals surface area contributed by atoms with Crippen molar-refractivity contribution in [1.29, 1.82) is 0 Å². The van der Waals surface area contributed by atoms with E-state index in [-0.39, 0.29) is 49.5 Å². The van der Waals surface area contributed by atoms with E-state index in [4.69, 9.17) is 23.7 Å². The summed E-state index contributed by atoms with van der Waals surface area (Å²) in [6.45, 7) is 9.25. The molecule has 0 aromatic carbocycles. The molecule has 0 spiro atoms. The predicted octanol–water partition coefficient (Wildman–Crippen LogP) is 5.58. The van der Waals surface area contributed by atoms with Gasteiger partial charge in [0, 0.05) is 64.4 Å². The summed E-state index contributed by atoms with van der Waals surface area (Å²) in [5, 5.41) is 38.8. The number of halogens is 1. The number of nitrogens with zero attached hydrogens (tertiary/aromatic N) is 3. The van der Waals surface area contributed by atoms with Crippen LogP contribution in [0.25, 0.3) is 6.20 Å². The lowest BCUT2D eigenvalue weighted by Crippen LogP contribution is -2.64. The van der Waals surface area contributed by atoms with Gasteiger partial charge >= 0.3 is 5.97 Å². The molecule has 1 aliphatic carbocycles. The van der Waals surface area contributed by atoms with E-state index < -0.39 is 83.9 Å². The average molecular weight is 949 g/mol. The van der Waals surface area contributed by atoms with E-state index in [0.29, 0.717) is 56.9 Å². The molecule has 2 saturated heterocycles. The minimum Gasteiger partial charge on any atom is -0.456 e. The Hall–Kier alpha value is -3.09. The molecule has 5 rings (SSSR count). The largest absolute Gasteiger partial charge is 0.456 e. The number of piperidine rings is 1. The summed E-state index contributed by atoms with van der Waals surface area (Å²) in [6, 6.07) is -1.16. The number of rotatable bonds is 8. The molecule has 3 aliphatic heterocycles. The first kappa shape index (κ1) is 50.9. The lowest BCUT2D eigenvalue weighted by Gasteiger charge is -2.47. The van der Waals surface area contributed by atoms with Gasteiger partial charge in [-0.3, -0.25) is 14.4 Å². The van der Waals surface area contributed by atoms with Crippen molar-refractivity contribution in [2.45, 2.75) is 160 Å². The van der Waals surface area contributed by atoms with E-state index in [0.717, 1.165) is 10.0 Å². The molecule has 63 heavy (non-hydrogen) atoms. The van der Waals surface area contributed by atoms with Gasteiger partial charge in [0.25, 0.3) is 11.7 Å². The molecule has 0 unspecified atom stereocenters. The molecular formula is C47H70BrN3O12. The number of hydrogen-bond donors (Lipinski definition) is 3. The van der Waals surface area contributed by atoms with Crippen molar-refractivity contribution in [3.8, 4) is 0 Å². The summed E-state index contributed by atoms with van der Waals surface area (Å²) < 4.78 is 32.4. The number of aliphatic hydroxyl groups excluding tert-OH is 2. The van der Waals surface area contributed by atoms with Crippen LogP contribution >= 0.6 is 15.9 Å². The van der Waals surface area contributed by atoms with Gasteiger partial charge in [-0.1, -0.05) is 44.6 Å². The number of carbonyl (C=O) groups excluding carboxylic acids is 4. The number of esters is 1. The number of Topliss-reactive ketones (excluding diaryl/α,β-unsaturated/α-hetero) is 2. The summed E-state index contributed by atoms with van der Waals surface area (Å²) in [5.74, 6) is -8.00. The molecule has 1 aromatic rings. The van der Waals surface area contributed by atoms with Crippen LogP contribution in [0.3, 0.4) is 0 Å². The number of ether oxygens (including phenoxy) is 5. The molecule has 352 valence electrons. The summed E-state index contributed by atoms with van der Waals surface area (Å²) in [7, 11) is 4.61. The van der Waals surface area contributed by atoms with Crippen molar-refractivity contribution in [2.24, 2.45) is 29.6 Å². The van der Waals surface area contributed by atoms with Gasteiger partial charge in [0.1, 0.15) is 24.0 Å². The Bertz CT molecular complexity index is 1830. The summed E-state index contributed by atoms with van der Waals surface area (Å²) in [6.07, 6.45) is 9.98. The molecule has 3 N–H and O–H groups in total. The van der Waals surface area contributed by atoms with Gasteiger partial charge in [0.15, 0.2) is 0 Å². The van der Waals surface area contributed by atoms with Gasteiger partial charge in [-0.15, -0.1) is 0 Å². The average Bonchev–Trinajstić information content (AvgIpc) is 3.68. The zero-order valence-electron chi connectivity index (χ0n) is 38.2. The lowest BCUT2D eigenvalue weighted by atomic mass is 9.81. The number of amides is 1. The Labute approximate surface area is 380 Å². The van der Waals surface area contributed by atoms with Gasteiger partial charge in [-0.05, 0) is 111 Å². The van der Waals surface area contributed by atoms with Gasteiger partial charge in [-0.2, -0.15) is 5.10 Å². The quantitative estimate of drug-likeness (QED) is 0.166. The number of fused-ring (bicyclic) bond motifs is 3. The lowest BCUT2D eigenvalue weighted by molar-refractivity contribution is -0.302. The van der Waals surface area contributed by atoms with Crippen LogP contribution in [-0.4, -0.2) is 136 Å². The van der Waals surface area contributed by atoms with Crippen LogP contribution in [0.2, 0.25) is 0 Å². The van der Waals surface area contributed by atoms with Crippen molar-refractivity contribution >= 4 is 45.6 Å². The standard InChI is InChI=1S/C47H70BrN3O12/c1-27-18-28(2)20-40(60-7)43-41(61-8)22-30(4)47(58,63-43)44(55)45(56)51-17-10-9-13-35(51)46(57)62-42(29(3)21-32-14-15-36(52)39(23-32)59-6)31(5)37(53)24-38(54)33(19-27)12-11-16-50-26-34(48)25-49-50/h11,16,19,21,25-26,28,30-33,35-37,39-43,52-53,58H,9-10,12-15,17-18,20,22-24H2,1-8H3/b16-11+,27-19+,29-21+/t28-,30+,31+,32-,33+,35-,36+,37-,39+,40-,41-,42+,43+,47+/m0/s1. The van der Waals surface area contributed by atoms with Gasteiger partial charge in [0.2, 0.25) is 5.79 Å². The molecule has 1 amide bonds. The zero-order valence-corrected chi connectivity index (χ0v) is 39.8. The van der Waals surface area contributed by atoms with Crippen molar-refractivity contribution in [1.82, 2.24) is 14.7 Å². The highest BCUT2D eigenvalue weighted by Crippen LogP contribution is 2.39. The first-order valence-corrected chi connectivity index (χ1v) is 23.3. The highest BCUT2D eigenvalue weighted by molar-refractivity contribution is 9.10. The third-order valence-electron chi connectivity index (χ3n) is 13.7. The monoisotopic (exact) mass is 947 g/mol. The number of carbonyl (C=O) groups is 4. The molecule has 15 nitrogen and oxygen atoms in total. The fraction of sp³-hybridized carbons (Fsp3) is 0.723. The smallest absolute Gasteiger partial charge is 0.329 e. The van der Waals surface area contributed by atoms with Crippen molar-refractivity contribution in [3.63, 3.8) is 0 Å². The minimum atomic E-state index is -2.53. The molecule has 1 aromatic heterocycles. The number of aromatic nitrogens is 2. The van der Waals surface area contributed by atoms with Crippen LogP contribution in [0, 0.1) is 29.6 Å². The van der Waals surface area contributed by atoms with Crippen LogP contribution in [-0.2, 0) is 42.9 Å². The second-order valence-electron chi connectivity index (χ2n) is 18.5. The van der Waals surface area contributed by atoms with E-state index >= 15 is 0 Å². The Morgan fingerprint density at radius 3 is 2.32 bits per heavy atom. The summed E-state index contributed by atoms with van der Waals surface area (Å²) in [5.41, 5.74) is 1.58. The van der Waals surface area contributed by atoms with E-state index in [2.05, 4.69) is 21.0 Å². The first-order chi connectivity index (χ1) is 29.9. The van der Waals surface area contributed by atoms with Crippen molar-refractivity contribution in [2.75, 3.05) is 27.9 Å². The maximum atomic E-state index is 14.5. The number of allylic oxidation sites excluding steroid dienone is 4.